The Morgan fingerprint density at radius 1 is 1.19 bits per heavy atom. The van der Waals surface area contributed by atoms with Gasteiger partial charge in [-0.05, 0) is 24.6 Å². The summed E-state index contributed by atoms with van der Waals surface area (Å²) in [6.07, 6.45) is 2.82. The molecule has 0 aliphatic carbocycles. The van der Waals surface area contributed by atoms with Crippen LogP contribution in [0.4, 0.5) is 0 Å². The van der Waals surface area contributed by atoms with Crippen molar-refractivity contribution in [1.29, 1.82) is 0 Å². The van der Waals surface area contributed by atoms with Crippen molar-refractivity contribution < 1.29 is 19.1 Å². The molecule has 0 saturated carbocycles. The maximum Gasteiger partial charge on any atom is 0.220 e. The molecule has 5 heteroatoms. The van der Waals surface area contributed by atoms with Crippen LogP contribution in [0, 0.1) is 0 Å². The molecule has 0 spiro atoms. The van der Waals surface area contributed by atoms with Crippen molar-refractivity contribution in [1.82, 2.24) is 5.32 Å². The van der Waals surface area contributed by atoms with E-state index in [1.54, 1.807) is 24.3 Å². The number of carbonyl (C=O) groups excluding carboxylic acids is 2. The van der Waals surface area contributed by atoms with Gasteiger partial charge < -0.3 is 14.8 Å². The molecule has 5 nitrogen and oxygen atoms in total. The van der Waals surface area contributed by atoms with Crippen molar-refractivity contribution in [2.24, 2.45) is 0 Å². The second-order valence-electron chi connectivity index (χ2n) is 4.73. The number of hydrogen-bond acceptors (Lipinski definition) is 4. The monoisotopic (exact) mass is 289 g/mol. The van der Waals surface area contributed by atoms with Gasteiger partial charge in [-0.3, -0.25) is 9.59 Å². The minimum atomic E-state index is -0.0649. The first-order valence-corrected chi connectivity index (χ1v) is 7.01. The first-order valence-electron chi connectivity index (χ1n) is 7.01. The minimum Gasteiger partial charge on any atom is -0.486 e. The zero-order valence-electron chi connectivity index (χ0n) is 11.9. The number of nitrogens with one attached hydrogen (secondary N) is 1. The van der Waals surface area contributed by atoms with Crippen molar-refractivity contribution in [3.63, 3.8) is 0 Å². The smallest absolute Gasteiger partial charge is 0.220 e. The minimum absolute atomic E-state index is 0.00324. The van der Waals surface area contributed by atoms with Gasteiger partial charge in [0.1, 0.15) is 13.2 Å². The summed E-state index contributed by atoms with van der Waals surface area (Å²) < 4.78 is 10.9. The first-order chi connectivity index (χ1) is 10.2. The van der Waals surface area contributed by atoms with Crippen LogP contribution in [0.25, 0.3) is 0 Å². The summed E-state index contributed by atoms with van der Waals surface area (Å²) in [4.78, 5) is 23.5. The van der Waals surface area contributed by atoms with E-state index >= 15 is 0 Å². The van der Waals surface area contributed by atoms with Gasteiger partial charge in [0, 0.05) is 24.9 Å². The number of amides is 1. The summed E-state index contributed by atoms with van der Waals surface area (Å²) in [5.41, 5.74) is 0.589. The predicted octanol–water partition coefficient (Wildman–Crippen LogP) is 2.11. The van der Waals surface area contributed by atoms with E-state index in [1.165, 1.54) is 0 Å². The van der Waals surface area contributed by atoms with Gasteiger partial charge >= 0.3 is 0 Å². The Balaban J connectivity index is 1.83. The topological polar surface area (TPSA) is 64.6 Å². The van der Waals surface area contributed by atoms with Crippen LogP contribution in [0.5, 0.6) is 11.5 Å². The standard InChI is InChI=1S/C16H19NO4/c1-2-8-17-16(19)5-3-4-13(18)12-6-7-14-15(11-12)21-10-9-20-14/h2,6-7,11H,1,3-5,8-10H2,(H,17,19). The number of carbonyl (C=O) groups is 2. The van der Waals surface area contributed by atoms with E-state index < -0.39 is 0 Å². The fourth-order valence-corrected chi connectivity index (χ4v) is 2.05. The van der Waals surface area contributed by atoms with Crippen LogP contribution in [0.1, 0.15) is 29.6 Å². The van der Waals surface area contributed by atoms with Crippen LogP contribution in [-0.4, -0.2) is 31.4 Å². The molecule has 0 unspecified atom stereocenters. The van der Waals surface area contributed by atoms with Gasteiger partial charge in [-0.15, -0.1) is 6.58 Å². The Morgan fingerprint density at radius 3 is 2.71 bits per heavy atom. The van der Waals surface area contributed by atoms with Gasteiger partial charge in [0.2, 0.25) is 5.91 Å². The number of ketones is 1. The highest BCUT2D eigenvalue weighted by Crippen LogP contribution is 2.31. The van der Waals surface area contributed by atoms with Gasteiger partial charge in [-0.2, -0.15) is 0 Å². The number of Topliss-reactive ketones (excluding diaryl/α,β-unsaturated/α-hetero) is 1. The van der Waals surface area contributed by atoms with Crippen LogP contribution in [-0.2, 0) is 4.79 Å². The Labute approximate surface area is 123 Å². The molecule has 1 heterocycles. The van der Waals surface area contributed by atoms with E-state index in [4.69, 9.17) is 9.47 Å². The van der Waals surface area contributed by atoms with Gasteiger partial charge in [0.15, 0.2) is 17.3 Å². The molecule has 0 fully saturated rings. The number of hydrogen-bond donors (Lipinski definition) is 1. The van der Waals surface area contributed by atoms with Crippen LogP contribution >= 0.6 is 0 Å². The van der Waals surface area contributed by atoms with Crippen LogP contribution < -0.4 is 14.8 Å². The van der Waals surface area contributed by atoms with E-state index in [0.717, 1.165) is 0 Å². The van der Waals surface area contributed by atoms with Gasteiger partial charge in [0.05, 0.1) is 0 Å². The molecule has 0 radical (unpaired) electrons. The fraction of sp³-hybridized carbons (Fsp3) is 0.375. The molecule has 1 aliphatic heterocycles. The molecule has 1 amide bonds. The third kappa shape index (κ3) is 4.34. The van der Waals surface area contributed by atoms with Crippen molar-refractivity contribution in [3.8, 4) is 11.5 Å². The predicted molar refractivity (Wildman–Crippen MR) is 78.8 cm³/mol. The van der Waals surface area contributed by atoms with Crippen molar-refractivity contribution in [2.45, 2.75) is 19.3 Å². The lowest BCUT2D eigenvalue weighted by Gasteiger charge is -2.18. The normalized spacial score (nSPS) is 12.6. The second kappa shape index (κ2) is 7.47. The van der Waals surface area contributed by atoms with Gasteiger partial charge in [-0.1, -0.05) is 6.08 Å². The molecule has 0 bridgehead atoms. The third-order valence-corrected chi connectivity index (χ3v) is 3.12. The second-order valence-corrected chi connectivity index (χ2v) is 4.73. The molecular formula is C16H19NO4. The van der Waals surface area contributed by atoms with Gasteiger partial charge in [-0.25, -0.2) is 0 Å². The third-order valence-electron chi connectivity index (χ3n) is 3.12. The van der Waals surface area contributed by atoms with Crippen molar-refractivity contribution in [2.75, 3.05) is 19.8 Å². The number of fused-ring (bicyclic) bond motifs is 1. The summed E-state index contributed by atoms with van der Waals surface area (Å²) in [6.45, 7) is 5.00. The molecule has 112 valence electrons. The Morgan fingerprint density at radius 2 is 1.95 bits per heavy atom. The number of ether oxygens (including phenoxy) is 2. The van der Waals surface area contributed by atoms with E-state index in [0.29, 0.717) is 56.1 Å². The first kappa shape index (κ1) is 15.1. The SMILES string of the molecule is C=CCNC(=O)CCCC(=O)c1ccc2c(c1)OCCO2. The van der Waals surface area contributed by atoms with Crippen LogP contribution in [0.3, 0.4) is 0 Å². The quantitative estimate of drug-likeness (QED) is 0.617. The highest BCUT2D eigenvalue weighted by atomic mass is 16.6. The van der Waals surface area contributed by atoms with Gasteiger partial charge in [0.25, 0.3) is 0 Å². The largest absolute Gasteiger partial charge is 0.486 e. The summed E-state index contributed by atoms with van der Waals surface area (Å²) in [7, 11) is 0. The number of benzene rings is 1. The highest BCUT2D eigenvalue weighted by molar-refractivity contribution is 5.96. The molecule has 0 atom stereocenters. The Hall–Kier alpha value is -2.30. The zero-order valence-corrected chi connectivity index (χ0v) is 11.9. The van der Waals surface area contributed by atoms with Crippen molar-refractivity contribution >= 4 is 11.7 Å². The molecule has 0 aromatic heterocycles. The summed E-state index contributed by atoms with van der Waals surface area (Å²) in [5.74, 6) is 1.21. The van der Waals surface area contributed by atoms with E-state index in [-0.39, 0.29) is 11.7 Å². The molecule has 1 aromatic rings. The Kier molecular flexibility index (Phi) is 5.37. The van der Waals surface area contributed by atoms with E-state index in [9.17, 15) is 9.59 Å². The molecule has 1 aromatic carbocycles. The van der Waals surface area contributed by atoms with E-state index in [1.807, 2.05) is 0 Å². The molecule has 1 aliphatic rings. The maximum atomic E-state index is 12.1. The lowest BCUT2D eigenvalue weighted by atomic mass is 10.0. The molecular weight excluding hydrogens is 270 g/mol. The molecule has 2 rings (SSSR count). The van der Waals surface area contributed by atoms with Crippen molar-refractivity contribution in [3.05, 3.63) is 36.4 Å². The lowest BCUT2D eigenvalue weighted by molar-refractivity contribution is -0.120. The summed E-state index contributed by atoms with van der Waals surface area (Å²) in [5, 5.41) is 2.68. The van der Waals surface area contributed by atoms with Crippen LogP contribution in [0.15, 0.2) is 30.9 Å². The summed E-state index contributed by atoms with van der Waals surface area (Å²) >= 11 is 0. The summed E-state index contributed by atoms with van der Waals surface area (Å²) in [6, 6.07) is 5.18. The average Bonchev–Trinajstić information content (AvgIpc) is 2.52. The number of rotatable bonds is 7. The Bertz CT molecular complexity index is 539. The van der Waals surface area contributed by atoms with Crippen LogP contribution in [0.2, 0.25) is 0 Å². The average molecular weight is 289 g/mol. The molecule has 1 N–H and O–H groups in total. The van der Waals surface area contributed by atoms with E-state index in [2.05, 4.69) is 11.9 Å². The zero-order chi connectivity index (χ0) is 15.1. The highest BCUT2D eigenvalue weighted by Gasteiger charge is 2.15. The lowest BCUT2D eigenvalue weighted by Crippen LogP contribution is -2.22. The maximum absolute atomic E-state index is 12.1. The molecule has 0 saturated heterocycles. The fourth-order valence-electron chi connectivity index (χ4n) is 2.05. The molecule has 21 heavy (non-hydrogen) atoms.